The van der Waals surface area contributed by atoms with Gasteiger partial charge in [-0.1, -0.05) is 48.0 Å². The maximum Gasteiger partial charge on any atom is 0.227 e. The maximum atomic E-state index is 6.38. The summed E-state index contributed by atoms with van der Waals surface area (Å²) in [6, 6.07) is 21.5. The van der Waals surface area contributed by atoms with Gasteiger partial charge in [-0.25, -0.2) is 9.97 Å². The van der Waals surface area contributed by atoms with Gasteiger partial charge < -0.3 is 14.8 Å². The summed E-state index contributed by atoms with van der Waals surface area (Å²) in [5.41, 5.74) is 6.40. The number of aliphatic imine (C=N–C) groups is 1. The zero-order valence-electron chi connectivity index (χ0n) is 18.2. The average molecular weight is 457 g/mol. The zero-order chi connectivity index (χ0) is 22.8. The van der Waals surface area contributed by atoms with Crippen molar-refractivity contribution < 1.29 is 9.47 Å². The van der Waals surface area contributed by atoms with Crippen LogP contribution in [-0.4, -0.2) is 29.9 Å². The first-order chi connectivity index (χ1) is 16.2. The molecule has 7 heteroatoms. The predicted octanol–water partition coefficient (Wildman–Crippen LogP) is 5.91. The molecule has 0 unspecified atom stereocenters. The summed E-state index contributed by atoms with van der Waals surface area (Å²) in [6.07, 6.45) is 1.82. The van der Waals surface area contributed by atoms with E-state index in [1.54, 1.807) is 14.2 Å². The third-order valence-corrected chi connectivity index (χ3v) is 5.69. The largest absolute Gasteiger partial charge is 0.493 e. The molecule has 164 valence electrons. The normalized spacial score (nSPS) is 12.2. The highest BCUT2D eigenvalue weighted by Crippen LogP contribution is 2.35. The fourth-order valence-corrected chi connectivity index (χ4v) is 4.04. The number of rotatable bonds is 5. The molecule has 3 aromatic carbocycles. The number of nitrogens with one attached hydrogen (secondary N) is 1. The van der Waals surface area contributed by atoms with Crippen molar-refractivity contribution in [3.05, 3.63) is 94.6 Å². The summed E-state index contributed by atoms with van der Waals surface area (Å²) < 4.78 is 10.7. The Bertz CT molecular complexity index is 1360. The van der Waals surface area contributed by atoms with E-state index >= 15 is 0 Å². The second-order valence-electron chi connectivity index (χ2n) is 7.48. The average Bonchev–Trinajstić information content (AvgIpc) is 3.00. The van der Waals surface area contributed by atoms with E-state index in [4.69, 9.17) is 31.1 Å². The number of nitrogens with zero attached hydrogens (tertiary/aromatic N) is 3. The minimum atomic E-state index is 0.475. The van der Waals surface area contributed by atoms with E-state index in [1.807, 2.05) is 60.8 Å². The highest BCUT2D eigenvalue weighted by atomic mass is 35.5. The molecule has 0 bridgehead atoms. The highest BCUT2D eigenvalue weighted by Gasteiger charge is 2.21. The second-order valence-corrected chi connectivity index (χ2v) is 7.92. The molecule has 1 aliphatic rings. The summed E-state index contributed by atoms with van der Waals surface area (Å²) in [5.74, 6) is 1.76. The van der Waals surface area contributed by atoms with Crippen LogP contribution in [0.2, 0.25) is 5.02 Å². The first kappa shape index (κ1) is 21.0. The van der Waals surface area contributed by atoms with E-state index in [0.717, 1.165) is 39.3 Å². The van der Waals surface area contributed by atoms with Crippen LogP contribution < -0.4 is 14.8 Å². The molecule has 0 saturated heterocycles. The molecule has 33 heavy (non-hydrogen) atoms. The van der Waals surface area contributed by atoms with Crippen molar-refractivity contribution in [2.75, 3.05) is 19.5 Å². The molecular weight excluding hydrogens is 436 g/mol. The minimum Gasteiger partial charge on any atom is -0.493 e. The molecule has 1 N–H and O–H groups in total. The van der Waals surface area contributed by atoms with Crippen molar-refractivity contribution in [2.45, 2.75) is 6.54 Å². The number of aromatic nitrogens is 2. The van der Waals surface area contributed by atoms with Crippen LogP contribution in [0.4, 0.5) is 11.6 Å². The van der Waals surface area contributed by atoms with Crippen LogP contribution in [-0.2, 0) is 6.54 Å². The number of hydrogen-bond donors (Lipinski definition) is 1. The van der Waals surface area contributed by atoms with Crippen molar-refractivity contribution in [2.24, 2.45) is 4.99 Å². The summed E-state index contributed by atoms with van der Waals surface area (Å²) in [4.78, 5) is 14.3. The first-order valence-electron chi connectivity index (χ1n) is 10.4. The molecule has 4 aromatic rings. The summed E-state index contributed by atoms with van der Waals surface area (Å²) in [6.45, 7) is 0.475. The van der Waals surface area contributed by atoms with E-state index in [-0.39, 0.29) is 0 Å². The SMILES string of the molecule is COc1ccc(Nc2ncc3c(n2)-c2ccc(Cl)cc2C(c2ccccc2)=NC3)cc1OC. The van der Waals surface area contributed by atoms with Gasteiger partial charge in [0.15, 0.2) is 11.5 Å². The van der Waals surface area contributed by atoms with Crippen LogP contribution in [0.15, 0.2) is 77.9 Å². The predicted molar refractivity (Wildman–Crippen MR) is 131 cm³/mol. The Hall–Kier alpha value is -3.90. The van der Waals surface area contributed by atoms with E-state index in [1.165, 1.54) is 0 Å². The van der Waals surface area contributed by atoms with Gasteiger partial charge >= 0.3 is 0 Å². The Labute approximate surface area is 196 Å². The number of methoxy groups -OCH3 is 2. The fraction of sp³-hybridized carbons (Fsp3) is 0.115. The Morgan fingerprint density at radius 3 is 2.48 bits per heavy atom. The summed E-state index contributed by atoms with van der Waals surface area (Å²) in [7, 11) is 3.21. The van der Waals surface area contributed by atoms with Gasteiger partial charge in [0.1, 0.15) is 0 Å². The lowest BCUT2D eigenvalue weighted by molar-refractivity contribution is 0.355. The molecule has 1 aliphatic heterocycles. The number of ether oxygens (including phenoxy) is 2. The molecular formula is C26H21ClN4O2. The topological polar surface area (TPSA) is 68.6 Å². The Balaban J connectivity index is 1.57. The Kier molecular flexibility index (Phi) is 5.67. The van der Waals surface area contributed by atoms with Crippen LogP contribution in [0.3, 0.4) is 0 Å². The number of anilines is 2. The number of halogens is 1. The van der Waals surface area contributed by atoms with Crippen molar-refractivity contribution in [3.8, 4) is 22.8 Å². The highest BCUT2D eigenvalue weighted by molar-refractivity contribution is 6.31. The monoisotopic (exact) mass is 456 g/mol. The van der Waals surface area contributed by atoms with Gasteiger partial charge in [0.05, 0.1) is 32.2 Å². The summed E-state index contributed by atoms with van der Waals surface area (Å²) in [5, 5.41) is 3.92. The quantitative estimate of drug-likeness (QED) is 0.404. The maximum absolute atomic E-state index is 6.38. The lowest BCUT2D eigenvalue weighted by atomic mass is 9.95. The van der Waals surface area contributed by atoms with E-state index in [2.05, 4.69) is 22.4 Å². The lowest BCUT2D eigenvalue weighted by Crippen LogP contribution is -2.05. The molecule has 0 saturated carbocycles. The van der Waals surface area contributed by atoms with Gasteiger partial charge in [-0.2, -0.15) is 0 Å². The van der Waals surface area contributed by atoms with Gasteiger partial charge in [-0.05, 0) is 24.3 Å². The van der Waals surface area contributed by atoms with Crippen molar-refractivity contribution >= 4 is 28.9 Å². The molecule has 0 atom stereocenters. The van der Waals surface area contributed by atoms with Crippen molar-refractivity contribution in [3.63, 3.8) is 0 Å². The molecule has 0 amide bonds. The molecule has 6 nitrogen and oxygen atoms in total. The molecule has 5 rings (SSSR count). The van der Waals surface area contributed by atoms with Crippen molar-refractivity contribution in [1.29, 1.82) is 0 Å². The van der Waals surface area contributed by atoms with Gasteiger partial charge in [0.25, 0.3) is 0 Å². The van der Waals surface area contributed by atoms with Crippen LogP contribution in [0.5, 0.6) is 11.5 Å². The van der Waals surface area contributed by atoms with Crippen LogP contribution in [0.1, 0.15) is 16.7 Å². The van der Waals surface area contributed by atoms with Crippen LogP contribution >= 0.6 is 11.6 Å². The minimum absolute atomic E-state index is 0.475. The summed E-state index contributed by atoms with van der Waals surface area (Å²) >= 11 is 6.38. The molecule has 0 spiro atoms. The van der Waals surface area contributed by atoms with E-state index in [9.17, 15) is 0 Å². The van der Waals surface area contributed by atoms with Crippen LogP contribution in [0, 0.1) is 0 Å². The van der Waals surface area contributed by atoms with Gasteiger partial charge in [0.2, 0.25) is 5.95 Å². The molecule has 0 fully saturated rings. The van der Waals surface area contributed by atoms with Gasteiger partial charge in [0, 0.05) is 45.2 Å². The Morgan fingerprint density at radius 1 is 0.879 bits per heavy atom. The van der Waals surface area contributed by atoms with Gasteiger partial charge in [-0.15, -0.1) is 0 Å². The van der Waals surface area contributed by atoms with E-state index in [0.29, 0.717) is 29.0 Å². The smallest absolute Gasteiger partial charge is 0.227 e. The third kappa shape index (κ3) is 4.13. The number of hydrogen-bond acceptors (Lipinski definition) is 6. The first-order valence-corrected chi connectivity index (χ1v) is 10.8. The lowest BCUT2D eigenvalue weighted by Gasteiger charge is -2.13. The Morgan fingerprint density at radius 2 is 1.70 bits per heavy atom. The van der Waals surface area contributed by atoms with Crippen molar-refractivity contribution in [1.82, 2.24) is 9.97 Å². The number of benzene rings is 3. The molecule has 1 aromatic heterocycles. The molecule has 2 heterocycles. The third-order valence-electron chi connectivity index (χ3n) is 5.45. The zero-order valence-corrected chi connectivity index (χ0v) is 18.9. The van der Waals surface area contributed by atoms with Crippen LogP contribution in [0.25, 0.3) is 11.3 Å². The fourth-order valence-electron chi connectivity index (χ4n) is 3.87. The number of fused-ring (bicyclic) bond motifs is 3. The standard InChI is InChI=1S/C26H21ClN4O2/c1-32-22-11-9-19(13-23(22)33-2)30-26-29-15-17-14-28-24(16-6-4-3-5-7-16)21-12-18(27)8-10-20(21)25(17)31-26/h3-13,15H,14H2,1-2H3,(H,29,30,31). The molecule has 0 radical (unpaired) electrons. The molecule has 0 aliphatic carbocycles. The second kappa shape index (κ2) is 8.92. The van der Waals surface area contributed by atoms with Gasteiger partial charge in [-0.3, -0.25) is 4.99 Å². The van der Waals surface area contributed by atoms with E-state index < -0.39 is 0 Å².